The van der Waals surface area contributed by atoms with Crippen molar-refractivity contribution in [2.75, 3.05) is 0 Å². The SMILES string of the molecule is O=C(O)C[C@H](NC(=O)c1cc(OCc2c3ccccc3c(COc3cc(C(=O)N[C@@H](CC(=O)O)C(=O)O)cc(C(=O)N[C@@H](CC(=O)O)C(=O)O)c3)c3ccccc23)cc(C(=O)N[C@@H](CC(=O)O)C(=O)O)c1)C(=O)O. The summed E-state index contributed by atoms with van der Waals surface area (Å²) in [7, 11) is 0. The normalized spacial score (nSPS) is 12.4. The fourth-order valence-corrected chi connectivity index (χ4v) is 7.29. The Morgan fingerprint density at radius 2 is 0.568 bits per heavy atom. The summed E-state index contributed by atoms with van der Waals surface area (Å²) in [6.07, 6.45) is -4.17. The van der Waals surface area contributed by atoms with E-state index in [-0.39, 0.29) is 24.7 Å². The first-order valence-electron chi connectivity index (χ1n) is 21.4. The molecule has 4 amide bonds. The van der Waals surface area contributed by atoms with Gasteiger partial charge in [-0.15, -0.1) is 0 Å². The molecule has 5 aromatic rings. The molecule has 26 heteroatoms. The third-order valence-corrected chi connectivity index (χ3v) is 10.7. The Morgan fingerprint density at radius 3 is 0.757 bits per heavy atom. The monoisotopic (exact) mass is 1030 g/mol. The molecule has 0 fully saturated rings. The summed E-state index contributed by atoms with van der Waals surface area (Å²) in [5, 5.41) is 85.2. The average molecular weight is 1030 g/mol. The predicted molar refractivity (Wildman–Crippen MR) is 248 cm³/mol. The second kappa shape index (κ2) is 24.1. The fourth-order valence-electron chi connectivity index (χ4n) is 7.29. The predicted octanol–water partition coefficient (Wildman–Crippen LogP) is 1.78. The van der Waals surface area contributed by atoms with Crippen molar-refractivity contribution in [2.24, 2.45) is 0 Å². The molecule has 0 saturated carbocycles. The Labute approximate surface area is 414 Å². The number of hydrogen-bond donors (Lipinski definition) is 12. The molecule has 74 heavy (non-hydrogen) atoms. The number of nitrogens with one attached hydrogen (secondary N) is 4. The standard InChI is InChI=1S/C48H42N4O22/c53-37(54)15-33(45(65)66)49-41(61)21-9-22(42(62)50-34(46(67)68)16-38(55)56)12-25(11-21)73-19-31-27-5-1-2-6-28(27)32(30-8-4-3-7-29(30)31)20-74-26-13-23(43(63)51-35(47(69)70)17-39(57)58)10-24(14-26)44(64)52-36(48(71)72)18-40(59)60/h1-14,33-36H,15-20H2,(H,49,61)(H,50,62)(H,51,63)(H,52,64)(H,53,54)(H,55,56)(H,57,58)(H,59,60)(H,65,66)(H,67,68)(H,69,70)(H,71,72)/t33-,34-,35-,36-/m0/s1. The third kappa shape index (κ3) is 14.5. The molecule has 12 N–H and O–H groups in total. The average Bonchev–Trinajstić information content (AvgIpc) is 3.33. The molecule has 0 bridgehead atoms. The number of amides is 4. The molecule has 26 nitrogen and oxygen atoms in total. The van der Waals surface area contributed by atoms with Crippen LogP contribution >= 0.6 is 0 Å². The molecule has 0 spiro atoms. The summed E-state index contributed by atoms with van der Waals surface area (Å²) in [5.41, 5.74) is -0.875. The van der Waals surface area contributed by atoms with E-state index in [1.807, 2.05) is 21.3 Å². The van der Waals surface area contributed by atoms with Crippen LogP contribution in [-0.4, -0.2) is 136 Å². The molecule has 386 valence electrons. The number of aliphatic carboxylic acids is 8. The van der Waals surface area contributed by atoms with Gasteiger partial charge in [0.1, 0.15) is 48.9 Å². The van der Waals surface area contributed by atoms with E-state index in [2.05, 4.69) is 0 Å². The minimum atomic E-state index is -1.94. The van der Waals surface area contributed by atoms with Crippen LogP contribution in [0, 0.1) is 0 Å². The van der Waals surface area contributed by atoms with Crippen LogP contribution in [0.4, 0.5) is 0 Å². The zero-order chi connectivity index (χ0) is 54.6. The quantitative estimate of drug-likeness (QED) is 0.0351. The highest BCUT2D eigenvalue weighted by Gasteiger charge is 2.29. The topological polar surface area (TPSA) is 433 Å². The van der Waals surface area contributed by atoms with Gasteiger partial charge in [0.2, 0.25) is 0 Å². The molecule has 0 aliphatic heterocycles. The second-order valence-corrected chi connectivity index (χ2v) is 16.0. The van der Waals surface area contributed by atoms with Gasteiger partial charge in [0, 0.05) is 33.4 Å². The van der Waals surface area contributed by atoms with Crippen molar-refractivity contribution in [3.05, 3.63) is 118 Å². The minimum absolute atomic E-state index is 0.238. The molecule has 4 atom stereocenters. The maximum absolute atomic E-state index is 13.4. The summed E-state index contributed by atoms with van der Waals surface area (Å²) in [4.78, 5) is 146. The molecule has 0 aliphatic rings. The molecule has 0 radical (unpaired) electrons. The summed E-state index contributed by atoms with van der Waals surface area (Å²) in [5.74, 6) is -18.4. The molecule has 0 aromatic heterocycles. The number of rotatable bonds is 26. The van der Waals surface area contributed by atoms with Gasteiger partial charge in [0.25, 0.3) is 23.6 Å². The van der Waals surface area contributed by atoms with Gasteiger partial charge in [-0.1, -0.05) is 48.5 Å². The lowest BCUT2D eigenvalue weighted by Crippen LogP contribution is -2.43. The molecule has 0 saturated heterocycles. The van der Waals surface area contributed by atoms with Gasteiger partial charge in [-0.2, -0.15) is 0 Å². The van der Waals surface area contributed by atoms with Crippen LogP contribution in [-0.2, 0) is 51.6 Å². The summed E-state index contributed by atoms with van der Waals surface area (Å²) >= 11 is 0. The number of carbonyl (C=O) groups excluding carboxylic acids is 4. The van der Waals surface area contributed by atoms with Crippen molar-refractivity contribution < 1.29 is 108 Å². The third-order valence-electron chi connectivity index (χ3n) is 10.7. The first-order valence-corrected chi connectivity index (χ1v) is 21.4. The lowest BCUT2D eigenvalue weighted by molar-refractivity contribution is -0.145. The van der Waals surface area contributed by atoms with Crippen LogP contribution in [0.3, 0.4) is 0 Å². The van der Waals surface area contributed by atoms with E-state index in [1.54, 1.807) is 48.5 Å². The lowest BCUT2D eigenvalue weighted by Gasteiger charge is -2.19. The van der Waals surface area contributed by atoms with Gasteiger partial charge in [-0.25, -0.2) is 19.2 Å². The van der Waals surface area contributed by atoms with Crippen LogP contribution in [0.15, 0.2) is 84.9 Å². The van der Waals surface area contributed by atoms with Crippen molar-refractivity contribution in [3.8, 4) is 11.5 Å². The van der Waals surface area contributed by atoms with E-state index in [0.29, 0.717) is 32.7 Å². The highest BCUT2D eigenvalue weighted by Crippen LogP contribution is 2.35. The van der Waals surface area contributed by atoms with Gasteiger partial charge in [-0.05, 0) is 57.9 Å². The molecule has 0 aliphatic carbocycles. The molecule has 0 unspecified atom stereocenters. The second-order valence-electron chi connectivity index (χ2n) is 16.0. The summed E-state index contributed by atoms with van der Waals surface area (Å²) in [6, 6.07) is 11.8. The van der Waals surface area contributed by atoms with Crippen LogP contribution in [0.25, 0.3) is 21.5 Å². The molecular formula is C48H42N4O22. The van der Waals surface area contributed by atoms with Crippen LogP contribution in [0.5, 0.6) is 11.5 Å². The number of fused-ring (bicyclic) bond motifs is 2. The first kappa shape index (κ1) is 54.8. The number of benzene rings is 5. The van der Waals surface area contributed by atoms with E-state index in [1.165, 1.54) is 0 Å². The number of carbonyl (C=O) groups is 12. The van der Waals surface area contributed by atoms with Crippen LogP contribution in [0.2, 0.25) is 0 Å². The van der Waals surface area contributed by atoms with Crippen molar-refractivity contribution in [1.82, 2.24) is 21.3 Å². The Morgan fingerprint density at radius 1 is 0.351 bits per heavy atom. The summed E-state index contributed by atoms with van der Waals surface area (Å²) in [6.45, 7) is -0.703. The molecular weight excluding hydrogens is 985 g/mol. The van der Waals surface area contributed by atoms with E-state index in [0.717, 1.165) is 36.4 Å². The van der Waals surface area contributed by atoms with Gasteiger partial charge in [0.15, 0.2) is 0 Å². The van der Waals surface area contributed by atoms with Gasteiger partial charge < -0.3 is 71.6 Å². The van der Waals surface area contributed by atoms with Crippen LogP contribution in [0.1, 0.15) is 78.2 Å². The van der Waals surface area contributed by atoms with Gasteiger partial charge >= 0.3 is 47.8 Å². The lowest BCUT2D eigenvalue weighted by atomic mass is 9.92. The Kier molecular flexibility index (Phi) is 17.9. The Balaban J connectivity index is 1.56. The Bertz CT molecular complexity index is 2740. The maximum Gasteiger partial charge on any atom is 0.326 e. The van der Waals surface area contributed by atoms with Gasteiger partial charge in [0.05, 0.1) is 25.7 Å². The van der Waals surface area contributed by atoms with Crippen molar-refractivity contribution >= 4 is 92.9 Å². The smallest absolute Gasteiger partial charge is 0.326 e. The van der Waals surface area contributed by atoms with Gasteiger partial charge in [-0.3, -0.25) is 38.4 Å². The van der Waals surface area contributed by atoms with Crippen LogP contribution < -0.4 is 30.7 Å². The van der Waals surface area contributed by atoms with Crippen molar-refractivity contribution in [2.45, 2.75) is 63.1 Å². The molecule has 0 heterocycles. The van der Waals surface area contributed by atoms with E-state index in [4.69, 9.17) is 9.47 Å². The van der Waals surface area contributed by atoms with E-state index >= 15 is 0 Å². The largest absolute Gasteiger partial charge is 0.489 e. The highest BCUT2D eigenvalue weighted by atomic mass is 16.5. The van der Waals surface area contributed by atoms with Crippen molar-refractivity contribution in [3.63, 3.8) is 0 Å². The number of hydrogen-bond acceptors (Lipinski definition) is 14. The van der Waals surface area contributed by atoms with Crippen molar-refractivity contribution in [1.29, 1.82) is 0 Å². The van der Waals surface area contributed by atoms with E-state index in [9.17, 15) is 98.4 Å². The molecule has 5 aromatic carbocycles. The zero-order valence-corrected chi connectivity index (χ0v) is 37.9. The zero-order valence-electron chi connectivity index (χ0n) is 37.9. The number of carboxylic acids is 8. The first-order chi connectivity index (χ1) is 34.9. The number of ether oxygens (including phenoxy) is 2. The summed E-state index contributed by atoms with van der Waals surface area (Å²) < 4.78 is 12.3. The fraction of sp³-hybridized carbons (Fsp3) is 0.208. The maximum atomic E-state index is 13.4. The van der Waals surface area contributed by atoms with E-state index < -0.39 is 143 Å². The highest BCUT2D eigenvalue weighted by molar-refractivity contribution is 6.07. The molecule has 5 rings (SSSR count). The minimum Gasteiger partial charge on any atom is -0.489 e. The number of carboxylic acid groups (broad SMARTS) is 8. The Hall–Kier alpha value is -10.1.